The van der Waals surface area contributed by atoms with Gasteiger partial charge in [-0.3, -0.25) is 0 Å². The molecule has 1 aliphatic rings. The Bertz CT molecular complexity index is 609. The molecule has 4 heteroatoms. The van der Waals surface area contributed by atoms with Gasteiger partial charge in [0.1, 0.15) is 0 Å². The van der Waals surface area contributed by atoms with Crippen molar-refractivity contribution >= 4 is 5.69 Å². The van der Waals surface area contributed by atoms with Crippen LogP contribution in [0.1, 0.15) is 11.1 Å². The Balaban J connectivity index is 1.59. The lowest BCUT2D eigenvalue weighted by Gasteiger charge is -2.11. The average Bonchev–Trinajstić information content (AvgIpc) is 2.93. The maximum atomic E-state index is 5.39. The van der Waals surface area contributed by atoms with Crippen LogP contribution in [0, 0.1) is 0 Å². The number of ether oxygens (including phenoxy) is 2. The van der Waals surface area contributed by atoms with Crippen LogP contribution in [0.3, 0.4) is 0 Å². The number of benzene rings is 2. The summed E-state index contributed by atoms with van der Waals surface area (Å²) in [7, 11) is 4.15. The number of hydrogen-bond donors (Lipinski definition) is 1. The van der Waals surface area contributed by atoms with Crippen LogP contribution in [-0.2, 0) is 13.1 Å². The third-order valence-electron chi connectivity index (χ3n) is 3.39. The Morgan fingerprint density at radius 3 is 2.43 bits per heavy atom. The molecule has 0 aliphatic carbocycles. The summed E-state index contributed by atoms with van der Waals surface area (Å²) in [6, 6.07) is 14.6. The van der Waals surface area contributed by atoms with Crippen molar-refractivity contribution in [1.29, 1.82) is 0 Å². The van der Waals surface area contributed by atoms with Crippen molar-refractivity contribution in [3.8, 4) is 11.5 Å². The predicted molar refractivity (Wildman–Crippen MR) is 83.7 cm³/mol. The van der Waals surface area contributed by atoms with Crippen molar-refractivity contribution in [2.75, 3.05) is 26.2 Å². The SMILES string of the molecule is CN(C)Cc1ccc(NCc2ccc3c(c2)OCO3)cc1. The van der Waals surface area contributed by atoms with E-state index in [0.717, 1.165) is 30.3 Å². The van der Waals surface area contributed by atoms with Crippen LogP contribution in [0.25, 0.3) is 0 Å². The summed E-state index contributed by atoms with van der Waals surface area (Å²) in [5.41, 5.74) is 3.61. The Hall–Kier alpha value is -2.20. The minimum atomic E-state index is 0.319. The van der Waals surface area contributed by atoms with E-state index in [0.29, 0.717) is 6.79 Å². The van der Waals surface area contributed by atoms with Gasteiger partial charge in [-0.25, -0.2) is 0 Å². The van der Waals surface area contributed by atoms with Crippen molar-refractivity contribution < 1.29 is 9.47 Å². The highest BCUT2D eigenvalue weighted by Gasteiger charge is 2.12. The summed E-state index contributed by atoms with van der Waals surface area (Å²) in [5.74, 6) is 1.66. The van der Waals surface area contributed by atoms with Crippen LogP contribution in [0.4, 0.5) is 5.69 Å². The molecule has 0 unspecified atom stereocenters. The van der Waals surface area contributed by atoms with Crippen molar-refractivity contribution in [2.24, 2.45) is 0 Å². The van der Waals surface area contributed by atoms with E-state index in [9.17, 15) is 0 Å². The zero-order chi connectivity index (χ0) is 14.7. The zero-order valence-electron chi connectivity index (χ0n) is 12.4. The summed E-state index contributed by atoms with van der Waals surface area (Å²) in [6.07, 6.45) is 0. The first kappa shape index (κ1) is 13.8. The molecule has 1 heterocycles. The second-order valence-electron chi connectivity index (χ2n) is 5.48. The molecule has 110 valence electrons. The quantitative estimate of drug-likeness (QED) is 0.915. The van der Waals surface area contributed by atoms with Gasteiger partial charge in [0, 0.05) is 18.8 Å². The highest BCUT2D eigenvalue weighted by Crippen LogP contribution is 2.32. The predicted octanol–water partition coefficient (Wildman–Crippen LogP) is 3.09. The van der Waals surface area contributed by atoms with Gasteiger partial charge in [-0.2, -0.15) is 0 Å². The molecule has 2 aromatic carbocycles. The van der Waals surface area contributed by atoms with E-state index in [-0.39, 0.29) is 0 Å². The van der Waals surface area contributed by atoms with Gasteiger partial charge in [-0.1, -0.05) is 18.2 Å². The van der Waals surface area contributed by atoms with E-state index in [1.807, 2.05) is 12.1 Å². The lowest BCUT2D eigenvalue weighted by molar-refractivity contribution is 0.174. The molecule has 0 fully saturated rings. The molecule has 0 radical (unpaired) electrons. The fraction of sp³-hybridized carbons (Fsp3) is 0.294. The fourth-order valence-corrected chi connectivity index (χ4v) is 2.35. The summed E-state index contributed by atoms with van der Waals surface area (Å²) < 4.78 is 10.7. The topological polar surface area (TPSA) is 33.7 Å². The van der Waals surface area contributed by atoms with Crippen LogP contribution in [0.15, 0.2) is 42.5 Å². The lowest BCUT2D eigenvalue weighted by atomic mass is 10.1. The molecule has 0 atom stereocenters. The molecule has 3 rings (SSSR count). The van der Waals surface area contributed by atoms with E-state index >= 15 is 0 Å². The molecule has 0 amide bonds. The number of nitrogens with one attached hydrogen (secondary N) is 1. The second kappa shape index (κ2) is 6.06. The molecule has 1 N–H and O–H groups in total. The van der Waals surface area contributed by atoms with E-state index in [2.05, 4.69) is 54.6 Å². The molecule has 4 nitrogen and oxygen atoms in total. The molecule has 2 aromatic rings. The zero-order valence-corrected chi connectivity index (χ0v) is 12.4. The number of anilines is 1. The first-order valence-corrected chi connectivity index (χ1v) is 7.07. The number of rotatable bonds is 5. The van der Waals surface area contributed by atoms with Crippen molar-refractivity contribution in [3.05, 3.63) is 53.6 Å². The van der Waals surface area contributed by atoms with E-state index in [1.54, 1.807) is 0 Å². The normalized spacial score (nSPS) is 12.7. The maximum Gasteiger partial charge on any atom is 0.231 e. The van der Waals surface area contributed by atoms with Gasteiger partial charge < -0.3 is 19.7 Å². The monoisotopic (exact) mass is 284 g/mol. The van der Waals surface area contributed by atoms with Crippen LogP contribution in [-0.4, -0.2) is 25.8 Å². The van der Waals surface area contributed by atoms with Gasteiger partial charge in [0.2, 0.25) is 6.79 Å². The van der Waals surface area contributed by atoms with Gasteiger partial charge in [-0.05, 0) is 49.5 Å². The maximum absolute atomic E-state index is 5.39. The second-order valence-corrected chi connectivity index (χ2v) is 5.48. The largest absolute Gasteiger partial charge is 0.454 e. The fourth-order valence-electron chi connectivity index (χ4n) is 2.35. The molecule has 0 saturated carbocycles. The van der Waals surface area contributed by atoms with Crippen molar-refractivity contribution in [2.45, 2.75) is 13.1 Å². The van der Waals surface area contributed by atoms with Gasteiger partial charge in [-0.15, -0.1) is 0 Å². The molecule has 0 spiro atoms. The highest BCUT2D eigenvalue weighted by molar-refractivity contribution is 5.48. The molecular weight excluding hydrogens is 264 g/mol. The minimum absolute atomic E-state index is 0.319. The van der Waals surface area contributed by atoms with Crippen LogP contribution < -0.4 is 14.8 Å². The molecule has 1 aliphatic heterocycles. The van der Waals surface area contributed by atoms with Crippen molar-refractivity contribution in [1.82, 2.24) is 4.90 Å². The van der Waals surface area contributed by atoms with E-state index < -0.39 is 0 Å². The van der Waals surface area contributed by atoms with Crippen molar-refractivity contribution in [3.63, 3.8) is 0 Å². The molecule has 0 bridgehead atoms. The van der Waals surface area contributed by atoms with E-state index in [1.165, 1.54) is 11.1 Å². The van der Waals surface area contributed by atoms with Gasteiger partial charge in [0.25, 0.3) is 0 Å². The summed E-state index contributed by atoms with van der Waals surface area (Å²) >= 11 is 0. The summed E-state index contributed by atoms with van der Waals surface area (Å²) in [5, 5.41) is 3.42. The lowest BCUT2D eigenvalue weighted by Crippen LogP contribution is -2.10. The average molecular weight is 284 g/mol. The third kappa shape index (κ3) is 3.47. The first-order chi connectivity index (χ1) is 10.2. The van der Waals surface area contributed by atoms with Crippen LogP contribution in [0.5, 0.6) is 11.5 Å². The van der Waals surface area contributed by atoms with Crippen LogP contribution >= 0.6 is 0 Å². The number of nitrogens with zero attached hydrogens (tertiary/aromatic N) is 1. The third-order valence-corrected chi connectivity index (χ3v) is 3.39. The smallest absolute Gasteiger partial charge is 0.231 e. The Morgan fingerprint density at radius 1 is 0.952 bits per heavy atom. The Labute approximate surface area is 125 Å². The molecule has 21 heavy (non-hydrogen) atoms. The summed E-state index contributed by atoms with van der Waals surface area (Å²) in [4.78, 5) is 2.16. The number of fused-ring (bicyclic) bond motifs is 1. The first-order valence-electron chi connectivity index (χ1n) is 7.07. The van der Waals surface area contributed by atoms with E-state index in [4.69, 9.17) is 9.47 Å². The van der Waals surface area contributed by atoms with Gasteiger partial charge in [0.05, 0.1) is 0 Å². The number of hydrogen-bond acceptors (Lipinski definition) is 4. The summed E-state index contributed by atoms with van der Waals surface area (Å²) in [6.45, 7) is 2.05. The van der Waals surface area contributed by atoms with Crippen LogP contribution in [0.2, 0.25) is 0 Å². The van der Waals surface area contributed by atoms with Gasteiger partial charge >= 0.3 is 0 Å². The highest BCUT2D eigenvalue weighted by atomic mass is 16.7. The molecular formula is C17H20N2O2. The Morgan fingerprint density at radius 2 is 1.67 bits per heavy atom. The molecule has 0 aromatic heterocycles. The minimum Gasteiger partial charge on any atom is -0.454 e. The van der Waals surface area contributed by atoms with Gasteiger partial charge in [0.15, 0.2) is 11.5 Å². The standard InChI is InChI=1S/C17H20N2O2/c1-19(2)11-13-3-6-15(7-4-13)18-10-14-5-8-16-17(9-14)21-12-20-16/h3-9,18H,10-12H2,1-2H3. The Kier molecular flexibility index (Phi) is 3.97. The molecule has 0 saturated heterocycles.